The van der Waals surface area contributed by atoms with Crippen LogP contribution in [0.5, 0.6) is 5.75 Å². The standard InChI is InChI=1S/C19H16F3N5O3/c1-11-4-3-5-15(12(11)2)26-18-16(27(28)29)17(23-10-24-18)25-13-6-8-14(9-7-13)30-19(20,21)22/h3-10H,1-2H3,(H2,23,24,25,26). The molecule has 0 bridgehead atoms. The zero-order valence-corrected chi connectivity index (χ0v) is 15.8. The lowest BCUT2D eigenvalue weighted by molar-refractivity contribution is -0.383. The lowest BCUT2D eigenvalue weighted by Gasteiger charge is -2.13. The van der Waals surface area contributed by atoms with E-state index in [9.17, 15) is 23.3 Å². The first-order valence-electron chi connectivity index (χ1n) is 8.59. The number of rotatable bonds is 6. The van der Waals surface area contributed by atoms with E-state index >= 15 is 0 Å². The number of alkyl halides is 3. The number of anilines is 4. The molecule has 0 radical (unpaired) electrons. The second kappa shape index (κ2) is 8.23. The number of aryl methyl sites for hydroxylation is 1. The van der Waals surface area contributed by atoms with Crippen LogP contribution in [0.25, 0.3) is 0 Å². The zero-order chi connectivity index (χ0) is 21.9. The summed E-state index contributed by atoms with van der Waals surface area (Å²) < 4.78 is 40.6. The van der Waals surface area contributed by atoms with Crippen LogP contribution in [-0.2, 0) is 0 Å². The van der Waals surface area contributed by atoms with Crippen molar-refractivity contribution < 1.29 is 22.8 Å². The predicted octanol–water partition coefficient (Wildman–Crippen LogP) is 5.39. The summed E-state index contributed by atoms with van der Waals surface area (Å²) in [6.07, 6.45) is -3.67. The SMILES string of the molecule is Cc1cccc(Nc2ncnc(Nc3ccc(OC(F)(F)F)cc3)c2[N+](=O)[O-])c1C. The molecule has 0 amide bonds. The molecular formula is C19H16F3N5O3. The van der Waals surface area contributed by atoms with Gasteiger partial charge in [-0.05, 0) is 55.3 Å². The average molecular weight is 419 g/mol. The van der Waals surface area contributed by atoms with E-state index in [1.807, 2.05) is 19.9 Å². The maximum Gasteiger partial charge on any atom is 0.573 e. The van der Waals surface area contributed by atoms with Crippen LogP contribution in [0.4, 0.5) is 41.9 Å². The third kappa shape index (κ3) is 4.93. The molecule has 0 saturated heterocycles. The van der Waals surface area contributed by atoms with Gasteiger partial charge < -0.3 is 15.4 Å². The van der Waals surface area contributed by atoms with E-state index in [1.54, 1.807) is 12.1 Å². The maximum absolute atomic E-state index is 12.3. The number of aromatic nitrogens is 2. The Morgan fingerprint density at radius 3 is 2.23 bits per heavy atom. The Labute approximate surface area is 168 Å². The van der Waals surface area contributed by atoms with Gasteiger partial charge in [0.1, 0.15) is 12.1 Å². The number of benzene rings is 2. The summed E-state index contributed by atoms with van der Waals surface area (Å²) in [5.41, 5.74) is 2.42. The molecule has 0 spiro atoms. The number of ether oxygens (including phenoxy) is 1. The first-order chi connectivity index (χ1) is 14.1. The number of halogens is 3. The van der Waals surface area contributed by atoms with Crippen molar-refractivity contribution in [3.05, 3.63) is 70.0 Å². The molecule has 2 aromatic carbocycles. The Morgan fingerprint density at radius 2 is 1.63 bits per heavy atom. The van der Waals surface area contributed by atoms with Crippen LogP contribution in [0, 0.1) is 24.0 Å². The highest BCUT2D eigenvalue weighted by molar-refractivity contribution is 5.77. The molecule has 0 aliphatic rings. The molecule has 3 rings (SSSR count). The maximum atomic E-state index is 12.3. The van der Waals surface area contributed by atoms with Gasteiger partial charge in [0.2, 0.25) is 11.6 Å². The fraction of sp³-hybridized carbons (Fsp3) is 0.158. The Hall–Kier alpha value is -3.89. The molecule has 0 saturated carbocycles. The van der Waals surface area contributed by atoms with Crippen molar-refractivity contribution in [1.29, 1.82) is 0 Å². The van der Waals surface area contributed by atoms with Gasteiger partial charge in [0.15, 0.2) is 0 Å². The highest BCUT2D eigenvalue weighted by atomic mass is 19.4. The molecular weight excluding hydrogens is 403 g/mol. The van der Waals surface area contributed by atoms with E-state index in [2.05, 4.69) is 25.3 Å². The van der Waals surface area contributed by atoms with E-state index in [0.29, 0.717) is 5.69 Å². The van der Waals surface area contributed by atoms with Crippen molar-refractivity contribution in [2.45, 2.75) is 20.2 Å². The second-order valence-corrected chi connectivity index (χ2v) is 6.25. The Bertz CT molecular complexity index is 1070. The van der Waals surface area contributed by atoms with Crippen LogP contribution in [0.15, 0.2) is 48.8 Å². The molecule has 0 unspecified atom stereocenters. The van der Waals surface area contributed by atoms with Crippen molar-refractivity contribution in [2.75, 3.05) is 10.6 Å². The van der Waals surface area contributed by atoms with Gasteiger partial charge in [-0.15, -0.1) is 13.2 Å². The van der Waals surface area contributed by atoms with Crippen LogP contribution in [0.1, 0.15) is 11.1 Å². The van der Waals surface area contributed by atoms with E-state index < -0.39 is 22.7 Å². The Morgan fingerprint density at radius 1 is 1.00 bits per heavy atom. The molecule has 8 nitrogen and oxygen atoms in total. The molecule has 0 aliphatic heterocycles. The van der Waals surface area contributed by atoms with Crippen LogP contribution in [0.2, 0.25) is 0 Å². The van der Waals surface area contributed by atoms with E-state index in [1.165, 1.54) is 12.1 Å². The normalized spacial score (nSPS) is 11.1. The predicted molar refractivity (Wildman–Crippen MR) is 104 cm³/mol. The van der Waals surface area contributed by atoms with Gasteiger partial charge in [-0.3, -0.25) is 10.1 Å². The number of hydrogen-bond acceptors (Lipinski definition) is 7. The number of nitrogens with one attached hydrogen (secondary N) is 2. The molecule has 1 aromatic heterocycles. The van der Waals surface area contributed by atoms with Crippen LogP contribution in [-0.4, -0.2) is 21.3 Å². The summed E-state index contributed by atoms with van der Waals surface area (Å²) >= 11 is 0. The van der Waals surface area contributed by atoms with Gasteiger partial charge in [-0.25, -0.2) is 9.97 Å². The molecule has 0 fully saturated rings. The molecule has 30 heavy (non-hydrogen) atoms. The summed E-state index contributed by atoms with van der Waals surface area (Å²) in [5.74, 6) is -0.557. The highest BCUT2D eigenvalue weighted by Crippen LogP contribution is 2.34. The first-order valence-corrected chi connectivity index (χ1v) is 8.59. The van der Waals surface area contributed by atoms with Crippen LogP contribution in [0.3, 0.4) is 0 Å². The smallest absolute Gasteiger partial charge is 0.406 e. The summed E-state index contributed by atoms with van der Waals surface area (Å²) in [7, 11) is 0. The molecule has 1 heterocycles. The summed E-state index contributed by atoms with van der Waals surface area (Å²) in [6.45, 7) is 3.78. The van der Waals surface area contributed by atoms with Crippen molar-refractivity contribution in [3.63, 3.8) is 0 Å². The van der Waals surface area contributed by atoms with Crippen LogP contribution >= 0.6 is 0 Å². The third-order valence-electron chi connectivity index (χ3n) is 4.21. The van der Waals surface area contributed by atoms with E-state index in [-0.39, 0.29) is 17.3 Å². The minimum Gasteiger partial charge on any atom is -0.406 e. The first kappa shape index (κ1) is 20.8. The fourth-order valence-electron chi connectivity index (χ4n) is 2.63. The zero-order valence-electron chi connectivity index (χ0n) is 15.8. The molecule has 11 heteroatoms. The topological polar surface area (TPSA) is 102 Å². The van der Waals surface area contributed by atoms with E-state index in [0.717, 1.165) is 29.6 Å². The Kier molecular flexibility index (Phi) is 5.72. The minimum atomic E-state index is -4.81. The number of nitrogens with zero attached hydrogens (tertiary/aromatic N) is 3. The highest BCUT2D eigenvalue weighted by Gasteiger charge is 2.31. The van der Waals surface area contributed by atoms with Crippen molar-refractivity contribution in [1.82, 2.24) is 9.97 Å². The number of nitro groups is 1. The van der Waals surface area contributed by atoms with Crippen molar-refractivity contribution in [2.24, 2.45) is 0 Å². The van der Waals surface area contributed by atoms with Crippen molar-refractivity contribution in [3.8, 4) is 5.75 Å². The minimum absolute atomic E-state index is 0.0248. The molecule has 0 atom stereocenters. The fourth-order valence-corrected chi connectivity index (χ4v) is 2.63. The Balaban J connectivity index is 1.89. The molecule has 3 aromatic rings. The molecule has 0 aliphatic carbocycles. The van der Waals surface area contributed by atoms with Gasteiger partial charge in [0, 0.05) is 11.4 Å². The van der Waals surface area contributed by atoms with E-state index in [4.69, 9.17) is 0 Å². The molecule has 156 valence electrons. The lowest BCUT2D eigenvalue weighted by atomic mass is 10.1. The van der Waals surface area contributed by atoms with Crippen molar-refractivity contribution >= 4 is 28.7 Å². The van der Waals surface area contributed by atoms with Crippen LogP contribution < -0.4 is 15.4 Å². The monoisotopic (exact) mass is 419 g/mol. The summed E-state index contributed by atoms with van der Waals surface area (Å²) in [5, 5.41) is 17.4. The lowest BCUT2D eigenvalue weighted by Crippen LogP contribution is -2.17. The van der Waals surface area contributed by atoms with Gasteiger partial charge in [-0.2, -0.15) is 0 Å². The van der Waals surface area contributed by atoms with Gasteiger partial charge >= 0.3 is 12.0 Å². The third-order valence-corrected chi connectivity index (χ3v) is 4.21. The van der Waals surface area contributed by atoms with Gasteiger partial charge in [0.25, 0.3) is 0 Å². The second-order valence-electron chi connectivity index (χ2n) is 6.25. The summed E-state index contributed by atoms with van der Waals surface area (Å²) in [6, 6.07) is 10.2. The number of hydrogen-bond donors (Lipinski definition) is 2. The quantitative estimate of drug-likeness (QED) is 0.408. The largest absolute Gasteiger partial charge is 0.573 e. The molecule has 2 N–H and O–H groups in total. The van der Waals surface area contributed by atoms with Gasteiger partial charge in [-0.1, -0.05) is 12.1 Å². The van der Waals surface area contributed by atoms with Gasteiger partial charge in [0.05, 0.1) is 4.92 Å². The average Bonchev–Trinajstić information content (AvgIpc) is 2.66. The summed E-state index contributed by atoms with van der Waals surface area (Å²) in [4.78, 5) is 18.9.